The quantitative estimate of drug-likeness (QED) is 0.419. The number of carboxylic acid groups (broad SMARTS) is 1. The molecule has 0 spiro atoms. The van der Waals surface area contributed by atoms with Gasteiger partial charge in [0.2, 0.25) is 0 Å². The first kappa shape index (κ1) is 21.8. The number of hydrogen-bond donors (Lipinski definition) is 1. The molecule has 0 radical (unpaired) electrons. The van der Waals surface area contributed by atoms with Crippen LogP contribution in [0.4, 0.5) is 0 Å². The van der Waals surface area contributed by atoms with Gasteiger partial charge in [0.25, 0.3) is 0 Å². The van der Waals surface area contributed by atoms with Crippen LogP contribution in [0, 0.1) is 5.92 Å². The van der Waals surface area contributed by atoms with E-state index in [1.165, 1.54) is 13.2 Å². The minimum atomic E-state index is -1.04. The maximum Gasteiger partial charge on any atom is 0.338 e. The molecule has 7 heteroatoms. The average Bonchev–Trinajstić information content (AvgIpc) is 3.07. The van der Waals surface area contributed by atoms with Crippen molar-refractivity contribution >= 4 is 17.7 Å². The van der Waals surface area contributed by atoms with Crippen LogP contribution in [0.2, 0.25) is 0 Å². The number of carboxylic acids is 1. The topological polar surface area (TPSA) is 99.1 Å². The van der Waals surface area contributed by atoms with Crippen LogP contribution in [0.1, 0.15) is 32.6 Å². The number of esters is 1. The van der Waals surface area contributed by atoms with Crippen molar-refractivity contribution in [1.29, 1.82) is 0 Å². The zero-order chi connectivity index (χ0) is 21.7. The van der Waals surface area contributed by atoms with E-state index in [4.69, 9.17) is 19.3 Å². The predicted octanol–water partition coefficient (Wildman–Crippen LogP) is 3.04. The molecule has 0 aromatic carbocycles. The molecular weight excluding hydrogens is 388 g/mol. The number of methoxy groups -OCH3 is 1. The Labute approximate surface area is 175 Å². The van der Waals surface area contributed by atoms with Crippen LogP contribution in [0.5, 0.6) is 0 Å². The van der Waals surface area contributed by atoms with Crippen LogP contribution in [-0.4, -0.2) is 48.3 Å². The molecule has 3 aliphatic rings. The van der Waals surface area contributed by atoms with Gasteiger partial charge in [-0.2, -0.15) is 0 Å². The molecule has 4 atom stereocenters. The molecule has 0 amide bonds. The Morgan fingerprint density at radius 2 is 1.97 bits per heavy atom. The number of ether oxygens (including phenoxy) is 3. The predicted molar refractivity (Wildman–Crippen MR) is 108 cm³/mol. The molecule has 1 fully saturated rings. The van der Waals surface area contributed by atoms with E-state index in [0.717, 1.165) is 25.3 Å². The second kappa shape index (κ2) is 9.71. The first-order valence-electron chi connectivity index (χ1n) is 10.0. The first-order valence-corrected chi connectivity index (χ1v) is 10.0. The van der Waals surface area contributed by atoms with Crippen LogP contribution in [0.15, 0.2) is 59.4 Å². The van der Waals surface area contributed by atoms with E-state index in [1.807, 2.05) is 13.0 Å². The molecule has 0 saturated heterocycles. The molecule has 2 aliphatic heterocycles. The zero-order valence-corrected chi connectivity index (χ0v) is 17.1. The van der Waals surface area contributed by atoms with Gasteiger partial charge in [0.15, 0.2) is 5.78 Å². The molecule has 1 saturated carbocycles. The lowest BCUT2D eigenvalue weighted by Crippen LogP contribution is -2.44. The standard InChI is InChI=1S/C23H26O7/c1-14-9-7-8-10-15-16(24)13-18(28-2)22-20(15)21(23(27)29-14)17(30-22)11-5-3-4-6-12-19(25)26/h3-6,10-12,14,18,20,22H,7-9,13H2,1-2H3,(H,25,26)/b4-3+,11-5+,12-6+,15-10?. The number of cyclic esters (lactones) is 1. The fourth-order valence-electron chi connectivity index (χ4n) is 4.00. The highest BCUT2D eigenvalue weighted by atomic mass is 16.6. The Morgan fingerprint density at radius 1 is 1.20 bits per heavy atom. The van der Waals surface area contributed by atoms with Gasteiger partial charge in [0, 0.05) is 25.2 Å². The molecule has 1 N–H and O–H groups in total. The first-order chi connectivity index (χ1) is 14.4. The Balaban J connectivity index is 1.98. The summed E-state index contributed by atoms with van der Waals surface area (Å²) in [7, 11) is 1.53. The van der Waals surface area contributed by atoms with Crippen molar-refractivity contribution in [1.82, 2.24) is 0 Å². The SMILES string of the molecule is COC1CC(=O)C2=CCCCC(C)OC(=O)C3=C(/C=C/C=C/C=C/C(=O)O)OC1C23. The van der Waals surface area contributed by atoms with E-state index in [0.29, 0.717) is 16.9 Å². The van der Waals surface area contributed by atoms with Crippen molar-refractivity contribution in [2.45, 2.75) is 50.9 Å². The summed E-state index contributed by atoms with van der Waals surface area (Å²) in [6, 6.07) is 0. The largest absolute Gasteiger partial charge is 0.486 e. The average molecular weight is 414 g/mol. The molecule has 1 aliphatic carbocycles. The van der Waals surface area contributed by atoms with Gasteiger partial charge in [-0.3, -0.25) is 4.79 Å². The van der Waals surface area contributed by atoms with Crippen molar-refractivity contribution in [2.24, 2.45) is 5.92 Å². The fraction of sp³-hybridized carbons (Fsp3) is 0.435. The number of carbonyl (C=O) groups excluding carboxylic acids is 2. The molecule has 2 heterocycles. The summed E-state index contributed by atoms with van der Waals surface area (Å²) in [4.78, 5) is 36.3. The van der Waals surface area contributed by atoms with Crippen LogP contribution in [0.25, 0.3) is 0 Å². The summed E-state index contributed by atoms with van der Waals surface area (Å²) in [5.74, 6) is -1.73. The normalized spacial score (nSPS) is 29.9. The fourth-order valence-corrected chi connectivity index (χ4v) is 4.00. The minimum absolute atomic E-state index is 0.0328. The molecule has 3 rings (SSSR count). The molecule has 160 valence electrons. The Morgan fingerprint density at radius 3 is 2.70 bits per heavy atom. The lowest BCUT2D eigenvalue weighted by molar-refractivity contribution is -0.144. The minimum Gasteiger partial charge on any atom is -0.486 e. The van der Waals surface area contributed by atoms with Crippen LogP contribution in [-0.2, 0) is 28.6 Å². The lowest BCUT2D eigenvalue weighted by Gasteiger charge is -2.34. The van der Waals surface area contributed by atoms with Gasteiger partial charge in [-0.1, -0.05) is 30.4 Å². The van der Waals surface area contributed by atoms with Gasteiger partial charge in [-0.15, -0.1) is 0 Å². The van der Waals surface area contributed by atoms with E-state index in [2.05, 4.69) is 0 Å². The molecule has 4 unspecified atom stereocenters. The summed E-state index contributed by atoms with van der Waals surface area (Å²) in [6.45, 7) is 1.86. The molecule has 30 heavy (non-hydrogen) atoms. The Kier molecular flexibility index (Phi) is 7.05. The smallest absolute Gasteiger partial charge is 0.338 e. The maximum atomic E-state index is 13.0. The summed E-state index contributed by atoms with van der Waals surface area (Å²) in [6.07, 6.45) is 12.1. The molecule has 0 aromatic heterocycles. The van der Waals surface area contributed by atoms with Gasteiger partial charge in [0.05, 0.1) is 17.6 Å². The third kappa shape index (κ3) is 4.79. The van der Waals surface area contributed by atoms with Crippen LogP contribution in [0.3, 0.4) is 0 Å². The van der Waals surface area contributed by atoms with Crippen molar-refractivity contribution in [3.63, 3.8) is 0 Å². The lowest BCUT2D eigenvalue weighted by atomic mass is 9.75. The number of allylic oxidation sites excluding steroid dienone is 6. The van der Waals surface area contributed by atoms with Gasteiger partial charge in [-0.05, 0) is 32.3 Å². The number of Topliss-reactive ketones (excluding diaryl/α,β-unsaturated/α-hetero) is 1. The second-order valence-corrected chi connectivity index (χ2v) is 7.49. The third-order valence-electron chi connectivity index (χ3n) is 5.41. The summed E-state index contributed by atoms with van der Waals surface area (Å²) < 4.78 is 17.2. The van der Waals surface area contributed by atoms with Gasteiger partial charge < -0.3 is 19.3 Å². The van der Waals surface area contributed by atoms with Gasteiger partial charge >= 0.3 is 11.9 Å². The Hall–Kier alpha value is -2.93. The second-order valence-electron chi connectivity index (χ2n) is 7.49. The monoisotopic (exact) mass is 414 g/mol. The van der Waals surface area contributed by atoms with E-state index in [1.54, 1.807) is 24.3 Å². The number of carbonyl (C=O) groups is 3. The van der Waals surface area contributed by atoms with Crippen LogP contribution >= 0.6 is 0 Å². The molecule has 0 bridgehead atoms. The van der Waals surface area contributed by atoms with Crippen LogP contribution < -0.4 is 0 Å². The van der Waals surface area contributed by atoms with Crippen molar-refractivity contribution in [3.8, 4) is 0 Å². The summed E-state index contributed by atoms with van der Waals surface area (Å²) in [5, 5.41) is 8.61. The van der Waals surface area contributed by atoms with Crippen molar-refractivity contribution in [3.05, 3.63) is 59.4 Å². The van der Waals surface area contributed by atoms with E-state index in [-0.39, 0.29) is 18.3 Å². The van der Waals surface area contributed by atoms with Gasteiger partial charge in [0.1, 0.15) is 18.0 Å². The molecular formula is C23H26O7. The Bertz CT molecular complexity index is 859. The van der Waals surface area contributed by atoms with Crippen molar-refractivity contribution in [2.75, 3.05) is 7.11 Å². The van der Waals surface area contributed by atoms with Crippen molar-refractivity contribution < 1.29 is 33.7 Å². The van der Waals surface area contributed by atoms with Gasteiger partial charge in [-0.25, -0.2) is 9.59 Å². The maximum absolute atomic E-state index is 13.0. The van der Waals surface area contributed by atoms with E-state index < -0.39 is 30.1 Å². The number of rotatable bonds is 5. The number of hydrogen-bond acceptors (Lipinski definition) is 6. The summed E-state index contributed by atoms with van der Waals surface area (Å²) in [5.41, 5.74) is 0.930. The van der Waals surface area contributed by atoms with E-state index >= 15 is 0 Å². The number of ketones is 1. The summed E-state index contributed by atoms with van der Waals surface area (Å²) >= 11 is 0. The highest BCUT2D eigenvalue weighted by molar-refractivity contribution is 6.02. The third-order valence-corrected chi connectivity index (χ3v) is 5.41. The zero-order valence-electron chi connectivity index (χ0n) is 17.1. The number of aliphatic carboxylic acids is 1. The molecule has 7 nitrogen and oxygen atoms in total. The highest BCUT2D eigenvalue weighted by Gasteiger charge is 2.51. The van der Waals surface area contributed by atoms with E-state index in [9.17, 15) is 14.4 Å². The molecule has 0 aromatic rings. The highest BCUT2D eigenvalue weighted by Crippen LogP contribution is 2.45.